The van der Waals surface area contributed by atoms with Gasteiger partial charge in [-0.2, -0.15) is 0 Å². The number of nitrogens with zero attached hydrogens (tertiary/aromatic N) is 2. The highest BCUT2D eigenvalue weighted by atomic mass is 16.6. The van der Waals surface area contributed by atoms with Crippen molar-refractivity contribution in [3.05, 3.63) is 63.2 Å². The maximum atomic E-state index is 12.7. The van der Waals surface area contributed by atoms with E-state index < -0.39 is 22.9 Å². The summed E-state index contributed by atoms with van der Waals surface area (Å²) in [5, 5.41) is 14.4. The molecule has 2 aromatic rings. The van der Waals surface area contributed by atoms with Crippen LogP contribution in [0.4, 0.5) is 17.1 Å². The third-order valence-corrected chi connectivity index (χ3v) is 5.68. The van der Waals surface area contributed by atoms with Crippen LogP contribution < -0.4 is 10.2 Å². The lowest BCUT2D eigenvalue weighted by Crippen LogP contribution is -2.30. The van der Waals surface area contributed by atoms with Gasteiger partial charge in [0.15, 0.2) is 6.10 Å². The molecule has 3 rings (SSSR count). The molecule has 1 N–H and O–H groups in total. The Morgan fingerprint density at radius 1 is 1.12 bits per heavy atom. The molecule has 0 saturated carbocycles. The summed E-state index contributed by atoms with van der Waals surface area (Å²) >= 11 is 0. The zero-order chi connectivity index (χ0) is 23.4. The first-order chi connectivity index (χ1) is 15.2. The van der Waals surface area contributed by atoms with E-state index in [1.54, 1.807) is 6.07 Å². The van der Waals surface area contributed by atoms with E-state index in [-0.39, 0.29) is 17.2 Å². The summed E-state index contributed by atoms with van der Waals surface area (Å²) in [6.45, 7) is 8.95. The minimum atomic E-state index is -1.07. The van der Waals surface area contributed by atoms with Crippen LogP contribution in [0.5, 0.6) is 0 Å². The molecule has 0 radical (unpaired) electrons. The third-order valence-electron chi connectivity index (χ3n) is 5.68. The third kappa shape index (κ3) is 5.07. The average Bonchev–Trinajstić information content (AvgIpc) is 3.29. The molecule has 8 heteroatoms. The fourth-order valence-electron chi connectivity index (χ4n) is 3.87. The summed E-state index contributed by atoms with van der Waals surface area (Å²) in [6, 6.07) is 10.1. The lowest BCUT2D eigenvalue weighted by atomic mass is 9.98. The van der Waals surface area contributed by atoms with Crippen molar-refractivity contribution in [2.75, 3.05) is 23.3 Å². The van der Waals surface area contributed by atoms with E-state index in [9.17, 15) is 19.7 Å². The standard InChI is InChI=1S/C24H29N3O5/c1-15(2)19-9-7-8-16(3)22(19)25-23(28)17(4)32-24(29)18-10-11-20(21(14-18)27(30)31)26-12-5-6-13-26/h7-11,14-15,17H,5-6,12-13H2,1-4H3,(H,25,28). The number of amides is 1. The minimum Gasteiger partial charge on any atom is -0.449 e. The number of ether oxygens (including phenoxy) is 1. The van der Waals surface area contributed by atoms with Crippen molar-refractivity contribution >= 4 is 28.9 Å². The van der Waals surface area contributed by atoms with Gasteiger partial charge in [0.05, 0.1) is 10.5 Å². The fraction of sp³-hybridized carbons (Fsp3) is 0.417. The molecule has 2 aromatic carbocycles. The predicted molar refractivity (Wildman–Crippen MR) is 123 cm³/mol. The van der Waals surface area contributed by atoms with Crippen molar-refractivity contribution in [1.29, 1.82) is 0 Å². The summed E-state index contributed by atoms with van der Waals surface area (Å²) < 4.78 is 5.32. The zero-order valence-corrected chi connectivity index (χ0v) is 18.9. The van der Waals surface area contributed by atoms with Crippen LogP contribution in [-0.2, 0) is 9.53 Å². The van der Waals surface area contributed by atoms with Crippen LogP contribution in [0.2, 0.25) is 0 Å². The smallest absolute Gasteiger partial charge is 0.339 e. The van der Waals surface area contributed by atoms with Gasteiger partial charge in [0, 0.05) is 24.8 Å². The summed E-state index contributed by atoms with van der Waals surface area (Å²) in [5.74, 6) is -1.03. The van der Waals surface area contributed by atoms with Gasteiger partial charge < -0.3 is 15.0 Å². The van der Waals surface area contributed by atoms with E-state index in [0.717, 1.165) is 37.1 Å². The Morgan fingerprint density at radius 2 is 1.81 bits per heavy atom. The van der Waals surface area contributed by atoms with Gasteiger partial charge in [-0.3, -0.25) is 14.9 Å². The first-order valence-electron chi connectivity index (χ1n) is 10.8. The van der Waals surface area contributed by atoms with Crippen molar-refractivity contribution in [3.8, 4) is 0 Å². The van der Waals surface area contributed by atoms with E-state index in [1.165, 1.54) is 19.1 Å². The van der Waals surface area contributed by atoms with E-state index in [4.69, 9.17) is 4.74 Å². The SMILES string of the molecule is Cc1cccc(C(C)C)c1NC(=O)C(C)OC(=O)c1ccc(N2CCCC2)c([N+](=O)[O-])c1. The number of rotatable bonds is 7. The monoisotopic (exact) mass is 439 g/mol. The summed E-state index contributed by atoms with van der Waals surface area (Å²) in [7, 11) is 0. The molecule has 32 heavy (non-hydrogen) atoms. The molecular formula is C24H29N3O5. The Bertz CT molecular complexity index is 1030. The van der Waals surface area contributed by atoms with Crippen LogP contribution in [0.15, 0.2) is 36.4 Å². The van der Waals surface area contributed by atoms with Crippen LogP contribution >= 0.6 is 0 Å². The fourth-order valence-corrected chi connectivity index (χ4v) is 3.87. The van der Waals surface area contributed by atoms with Crippen molar-refractivity contribution in [1.82, 2.24) is 0 Å². The molecule has 1 amide bonds. The summed E-state index contributed by atoms with van der Waals surface area (Å²) in [6.07, 6.45) is 0.888. The van der Waals surface area contributed by atoms with Gasteiger partial charge in [-0.1, -0.05) is 32.0 Å². The molecule has 1 aliphatic heterocycles. The van der Waals surface area contributed by atoms with E-state index >= 15 is 0 Å². The normalized spacial score (nSPS) is 14.3. The molecule has 1 unspecified atom stereocenters. The number of hydrogen-bond donors (Lipinski definition) is 1. The molecule has 0 bridgehead atoms. The number of esters is 1. The Hall–Kier alpha value is -3.42. The Balaban J connectivity index is 1.74. The number of nitro benzene ring substituents is 1. The van der Waals surface area contributed by atoms with E-state index in [2.05, 4.69) is 5.32 Å². The molecule has 0 spiro atoms. The second-order valence-corrected chi connectivity index (χ2v) is 8.39. The van der Waals surface area contributed by atoms with Crippen molar-refractivity contribution in [2.24, 2.45) is 0 Å². The van der Waals surface area contributed by atoms with Gasteiger partial charge in [-0.05, 0) is 55.9 Å². The van der Waals surface area contributed by atoms with Crippen LogP contribution in [0.25, 0.3) is 0 Å². The number of nitrogens with one attached hydrogen (secondary N) is 1. The molecule has 1 fully saturated rings. The Morgan fingerprint density at radius 3 is 2.44 bits per heavy atom. The molecule has 170 valence electrons. The number of carbonyl (C=O) groups excluding carboxylic acids is 2. The number of hydrogen-bond acceptors (Lipinski definition) is 6. The van der Waals surface area contributed by atoms with Gasteiger partial charge in [0.2, 0.25) is 0 Å². The highest BCUT2D eigenvalue weighted by Gasteiger charge is 2.26. The minimum absolute atomic E-state index is 0.0399. The average molecular weight is 440 g/mol. The quantitative estimate of drug-likeness (QED) is 0.377. The van der Waals surface area contributed by atoms with Crippen LogP contribution in [-0.4, -0.2) is 36.0 Å². The van der Waals surface area contributed by atoms with Crippen molar-refractivity contribution in [2.45, 2.75) is 52.6 Å². The van der Waals surface area contributed by atoms with E-state index in [1.807, 2.05) is 43.9 Å². The van der Waals surface area contributed by atoms with Crippen LogP contribution in [0, 0.1) is 17.0 Å². The molecule has 0 aromatic heterocycles. The molecule has 1 saturated heterocycles. The zero-order valence-electron chi connectivity index (χ0n) is 18.9. The number of anilines is 2. The Labute approximate surface area is 187 Å². The van der Waals surface area contributed by atoms with Crippen LogP contribution in [0.1, 0.15) is 61.0 Å². The van der Waals surface area contributed by atoms with Gasteiger partial charge in [0.1, 0.15) is 5.69 Å². The topological polar surface area (TPSA) is 102 Å². The second kappa shape index (κ2) is 9.80. The van der Waals surface area contributed by atoms with Crippen molar-refractivity contribution < 1.29 is 19.2 Å². The molecular weight excluding hydrogens is 410 g/mol. The van der Waals surface area contributed by atoms with Gasteiger partial charge in [-0.15, -0.1) is 0 Å². The molecule has 0 aliphatic carbocycles. The highest BCUT2D eigenvalue weighted by Crippen LogP contribution is 2.32. The molecule has 1 atom stereocenters. The number of para-hydroxylation sites is 1. The largest absolute Gasteiger partial charge is 0.449 e. The number of carbonyl (C=O) groups is 2. The Kier molecular flexibility index (Phi) is 7.12. The maximum Gasteiger partial charge on any atom is 0.339 e. The lowest BCUT2D eigenvalue weighted by Gasteiger charge is -2.19. The highest BCUT2D eigenvalue weighted by molar-refractivity contribution is 5.98. The maximum absolute atomic E-state index is 12.7. The summed E-state index contributed by atoms with van der Waals surface area (Å²) in [5.41, 5.74) is 3.01. The molecule has 1 aliphatic rings. The summed E-state index contributed by atoms with van der Waals surface area (Å²) in [4.78, 5) is 38.3. The lowest BCUT2D eigenvalue weighted by molar-refractivity contribution is -0.384. The number of benzene rings is 2. The van der Waals surface area contributed by atoms with Gasteiger partial charge >= 0.3 is 5.97 Å². The van der Waals surface area contributed by atoms with Crippen LogP contribution in [0.3, 0.4) is 0 Å². The van der Waals surface area contributed by atoms with Gasteiger partial charge in [-0.25, -0.2) is 4.79 Å². The first-order valence-corrected chi connectivity index (χ1v) is 10.8. The molecule has 8 nitrogen and oxygen atoms in total. The van der Waals surface area contributed by atoms with Crippen molar-refractivity contribution in [3.63, 3.8) is 0 Å². The number of aryl methyl sites for hydroxylation is 1. The second-order valence-electron chi connectivity index (χ2n) is 8.39. The van der Waals surface area contributed by atoms with Gasteiger partial charge in [0.25, 0.3) is 11.6 Å². The number of nitro groups is 1. The van der Waals surface area contributed by atoms with E-state index in [0.29, 0.717) is 11.4 Å². The predicted octanol–water partition coefficient (Wildman–Crippen LogP) is 4.81. The first kappa shape index (κ1) is 23.2. The molecule has 1 heterocycles.